The van der Waals surface area contributed by atoms with E-state index in [1.54, 1.807) is 24.0 Å². The van der Waals surface area contributed by atoms with Gasteiger partial charge in [0.1, 0.15) is 6.04 Å². The number of carbonyl (C=O) groups excluding carboxylic acids is 2. The first kappa shape index (κ1) is 24.9. The first-order chi connectivity index (χ1) is 15.3. The predicted octanol–water partition coefficient (Wildman–Crippen LogP) is 6.26. The van der Waals surface area contributed by atoms with Crippen LogP contribution in [0.1, 0.15) is 50.2 Å². The van der Waals surface area contributed by atoms with Crippen molar-refractivity contribution in [3.8, 4) is 0 Å². The van der Waals surface area contributed by atoms with E-state index < -0.39 is 6.04 Å². The lowest BCUT2D eigenvalue weighted by molar-refractivity contribution is -0.139. The van der Waals surface area contributed by atoms with Gasteiger partial charge in [0.05, 0.1) is 15.8 Å². The molecular weight excluding hydrogens is 463 g/mol. The number of amides is 2. The van der Waals surface area contributed by atoms with Crippen molar-refractivity contribution < 1.29 is 9.59 Å². The van der Waals surface area contributed by atoms with Crippen molar-refractivity contribution in [3.05, 3.63) is 63.6 Å². The smallest absolute Gasteiger partial charge is 0.242 e. The number of thioether (sulfide) groups is 1. The summed E-state index contributed by atoms with van der Waals surface area (Å²) in [6, 6.07) is 13.0. The minimum atomic E-state index is -0.586. The van der Waals surface area contributed by atoms with Crippen LogP contribution in [0.25, 0.3) is 0 Å². The number of rotatable bonds is 8. The van der Waals surface area contributed by atoms with E-state index in [0.29, 0.717) is 16.6 Å². The van der Waals surface area contributed by atoms with Crippen molar-refractivity contribution >= 4 is 46.8 Å². The maximum Gasteiger partial charge on any atom is 0.242 e. The Labute approximate surface area is 205 Å². The molecule has 3 rings (SSSR count). The Morgan fingerprint density at radius 2 is 1.75 bits per heavy atom. The van der Waals surface area contributed by atoms with E-state index in [1.165, 1.54) is 23.7 Å². The zero-order valence-corrected chi connectivity index (χ0v) is 20.9. The number of aryl methyl sites for hydroxylation is 1. The Hall–Kier alpha value is -1.69. The van der Waals surface area contributed by atoms with Crippen LogP contribution in [0.3, 0.4) is 0 Å². The fourth-order valence-electron chi connectivity index (χ4n) is 3.85. The lowest BCUT2D eigenvalue weighted by atomic mass is 9.95. The Bertz CT molecular complexity index is 930. The predicted molar refractivity (Wildman–Crippen MR) is 133 cm³/mol. The van der Waals surface area contributed by atoms with Gasteiger partial charge in [-0.2, -0.15) is 0 Å². The van der Waals surface area contributed by atoms with Gasteiger partial charge >= 0.3 is 0 Å². The van der Waals surface area contributed by atoms with Crippen molar-refractivity contribution in [2.24, 2.45) is 0 Å². The average molecular weight is 494 g/mol. The Morgan fingerprint density at radius 1 is 1.06 bits per heavy atom. The Kier molecular flexibility index (Phi) is 9.33. The third-order valence-corrected chi connectivity index (χ3v) is 7.57. The highest BCUT2D eigenvalue weighted by Crippen LogP contribution is 2.25. The van der Waals surface area contributed by atoms with Crippen molar-refractivity contribution in [1.29, 1.82) is 0 Å². The zero-order valence-electron chi connectivity index (χ0n) is 18.6. The molecule has 1 unspecified atom stereocenters. The number of halogens is 2. The van der Waals surface area contributed by atoms with E-state index in [1.807, 2.05) is 37.3 Å². The monoisotopic (exact) mass is 492 g/mol. The first-order valence-electron chi connectivity index (χ1n) is 11.1. The quantitative estimate of drug-likeness (QED) is 0.442. The molecule has 2 aromatic rings. The van der Waals surface area contributed by atoms with Gasteiger partial charge in [0, 0.05) is 17.5 Å². The van der Waals surface area contributed by atoms with Crippen LogP contribution >= 0.6 is 35.0 Å². The number of carbonyl (C=O) groups is 2. The maximum absolute atomic E-state index is 13.2. The van der Waals surface area contributed by atoms with Gasteiger partial charge in [-0.15, -0.1) is 11.8 Å². The molecular formula is C25H30Cl2N2O2S. The van der Waals surface area contributed by atoms with E-state index in [9.17, 15) is 9.59 Å². The van der Waals surface area contributed by atoms with Crippen LogP contribution in [0.5, 0.6) is 0 Å². The molecule has 2 aromatic carbocycles. The minimum Gasteiger partial charge on any atom is -0.352 e. The van der Waals surface area contributed by atoms with E-state index in [-0.39, 0.29) is 23.6 Å². The number of hydrogen-bond acceptors (Lipinski definition) is 3. The number of nitrogens with one attached hydrogen (secondary N) is 1. The fourth-order valence-corrected chi connectivity index (χ4v) is 4.95. The van der Waals surface area contributed by atoms with Gasteiger partial charge in [-0.3, -0.25) is 9.59 Å². The van der Waals surface area contributed by atoms with Crippen LogP contribution in [0.2, 0.25) is 10.0 Å². The van der Waals surface area contributed by atoms with E-state index in [4.69, 9.17) is 23.2 Å². The standard InChI is InChI=1S/C25H30Cl2N2O2S/c1-17-8-11-21(12-9-17)32-16-24(30)29(15-19-10-13-22(26)23(27)14-19)18(2)25(31)28-20-6-4-3-5-7-20/h8-14,18,20H,3-7,15-16H2,1-2H3,(H,28,31). The second-order valence-electron chi connectivity index (χ2n) is 8.39. The number of hydrogen-bond donors (Lipinski definition) is 1. The lowest BCUT2D eigenvalue weighted by Crippen LogP contribution is -2.50. The van der Waals surface area contributed by atoms with Crippen molar-refractivity contribution in [3.63, 3.8) is 0 Å². The molecule has 172 valence electrons. The van der Waals surface area contributed by atoms with Crippen LogP contribution in [0.15, 0.2) is 47.4 Å². The molecule has 0 heterocycles. The third kappa shape index (κ3) is 7.16. The molecule has 1 saturated carbocycles. The van der Waals surface area contributed by atoms with Crippen molar-refractivity contribution in [2.45, 2.75) is 69.5 Å². The zero-order chi connectivity index (χ0) is 23.1. The SMILES string of the molecule is Cc1ccc(SCC(=O)N(Cc2ccc(Cl)c(Cl)c2)C(C)C(=O)NC2CCCCC2)cc1. The molecule has 0 bridgehead atoms. The van der Waals surface area contributed by atoms with Crippen LogP contribution in [-0.4, -0.2) is 34.6 Å². The molecule has 4 nitrogen and oxygen atoms in total. The molecule has 1 atom stereocenters. The van der Waals surface area contributed by atoms with Crippen molar-refractivity contribution in [2.75, 3.05) is 5.75 Å². The second-order valence-corrected chi connectivity index (χ2v) is 10.3. The summed E-state index contributed by atoms with van der Waals surface area (Å²) in [4.78, 5) is 28.9. The molecule has 7 heteroatoms. The number of nitrogens with zero attached hydrogens (tertiary/aromatic N) is 1. The van der Waals surface area contributed by atoms with E-state index >= 15 is 0 Å². The minimum absolute atomic E-state index is 0.0899. The number of benzene rings is 2. The van der Waals surface area contributed by atoms with E-state index in [0.717, 1.165) is 36.1 Å². The summed E-state index contributed by atoms with van der Waals surface area (Å²) in [6.45, 7) is 4.12. The largest absolute Gasteiger partial charge is 0.352 e. The molecule has 0 aliphatic heterocycles. The fraction of sp³-hybridized carbons (Fsp3) is 0.440. The summed E-state index contributed by atoms with van der Waals surface area (Å²) < 4.78 is 0. The molecule has 1 aliphatic carbocycles. The summed E-state index contributed by atoms with van der Waals surface area (Å²) in [5, 5.41) is 4.05. The topological polar surface area (TPSA) is 49.4 Å². The average Bonchev–Trinajstić information content (AvgIpc) is 2.79. The molecule has 1 N–H and O–H groups in total. The van der Waals surface area contributed by atoms with Crippen molar-refractivity contribution in [1.82, 2.24) is 10.2 Å². The summed E-state index contributed by atoms with van der Waals surface area (Å²) in [6.07, 6.45) is 5.50. The Balaban J connectivity index is 1.72. The van der Waals surface area contributed by atoms with Crippen LogP contribution < -0.4 is 5.32 Å². The molecule has 2 amide bonds. The third-order valence-electron chi connectivity index (χ3n) is 5.84. The highest BCUT2D eigenvalue weighted by molar-refractivity contribution is 8.00. The van der Waals surface area contributed by atoms with Gasteiger partial charge in [-0.25, -0.2) is 0 Å². The highest BCUT2D eigenvalue weighted by Gasteiger charge is 2.28. The first-order valence-corrected chi connectivity index (χ1v) is 12.8. The molecule has 0 saturated heterocycles. The summed E-state index contributed by atoms with van der Waals surface area (Å²) in [7, 11) is 0. The van der Waals surface area contributed by atoms with Gasteiger partial charge in [-0.1, -0.05) is 66.2 Å². The Morgan fingerprint density at radius 3 is 2.41 bits per heavy atom. The van der Waals surface area contributed by atoms with Crippen LogP contribution in [-0.2, 0) is 16.1 Å². The lowest BCUT2D eigenvalue weighted by Gasteiger charge is -2.31. The second kappa shape index (κ2) is 12.0. The van der Waals surface area contributed by atoms with E-state index in [2.05, 4.69) is 5.32 Å². The highest BCUT2D eigenvalue weighted by atomic mass is 35.5. The molecule has 1 aliphatic rings. The summed E-state index contributed by atoms with van der Waals surface area (Å²) >= 11 is 13.7. The summed E-state index contributed by atoms with van der Waals surface area (Å²) in [5.74, 6) is 0.0596. The maximum atomic E-state index is 13.2. The van der Waals surface area contributed by atoms with Gasteiger partial charge in [0.25, 0.3) is 0 Å². The van der Waals surface area contributed by atoms with Crippen LogP contribution in [0.4, 0.5) is 0 Å². The normalized spacial score (nSPS) is 15.2. The van der Waals surface area contributed by atoms with Gasteiger partial charge in [0.15, 0.2) is 0 Å². The molecule has 32 heavy (non-hydrogen) atoms. The molecule has 0 spiro atoms. The van der Waals surface area contributed by atoms with Gasteiger partial charge in [0.2, 0.25) is 11.8 Å². The molecule has 0 radical (unpaired) electrons. The molecule has 0 aromatic heterocycles. The van der Waals surface area contributed by atoms with Crippen LogP contribution in [0, 0.1) is 6.92 Å². The van der Waals surface area contributed by atoms with Gasteiger partial charge < -0.3 is 10.2 Å². The summed E-state index contributed by atoms with van der Waals surface area (Å²) in [5.41, 5.74) is 2.01. The van der Waals surface area contributed by atoms with Gasteiger partial charge in [-0.05, 0) is 56.5 Å². The molecule has 1 fully saturated rings.